The molecule has 1 aliphatic carbocycles. The Bertz CT molecular complexity index is 304. The molecule has 66 valence electrons. The fraction of sp³-hybridized carbons (Fsp3) is 0.500. The average Bonchev–Trinajstić information content (AvgIpc) is 2.32. The van der Waals surface area contributed by atoms with E-state index in [1.165, 1.54) is 19.3 Å². The smallest absolute Gasteiger partial charge is 0.0426 e. The fourth-order valence-corrected chi connectivity index (χ4v) is 1.82. The van der Waals surface area contributed by atoms with E-state index in [2.05, 4.69) is 4.98 Å². The second-order valence-electron chi connectivity index (χ2n) is 3.15. The zero-order chi connectivity index (χ0) is 8.55. The minimum absolute atomic E-state index is 0.372. The van der Waals surface area contributed by atoms with Crippen LogP contribution in [0.3, 0.4) is 0 Å². The lowest BCUT2D eigenvalue weighted by Gasteiger charge is -2.23. The van der Waals surface area contributed by atoms with E-state index in [-0.39, 0.29) is 0 Å². The number of aromatic amines is 1. The van der Waals surface area contributed by atoms with Crippen molar-refractivity contribution in [2.45, 2.75) is 30.1 Å². The molecule has 0 aromatic carbocycles. The van der Waals surface area contributed by atoms with Crippen molar-refractivity contribution in [2.24, 2.45) is 0 Å². The molecule has 1 heterocycles. The van der Waals surface area contributed by atoms with Gasteiger partial charge in [-0.2, -0.15) is 0 Å². The molecule has 0 spiro atoms. The maximum Gasteiger partial charge on any atom is 0.0426 e. The lowest BCUT2D eigenvalue weighted by Crippen LogP contribution is -2.08. The normalized spacial score (nSPS) is 20.4. The number of hydrogen-bond donors (Lipinski definition) is 1. The van der Waals surface area contributed by atoms with Gasteiger partial charge in [-0.25, -0.2) is 0 Å². The quantitative estimate of drug-likeness (QED) is 0.708. The van der Waals surface area contributed by atoms with Crippen molar-refractivity contribution in [1.29, 1.82) is 0 Å². The first kappa shape index (κ1) is 8.01. The summed E-state index contributed by atoms with van der Waals surface area (Å²) in [6, 6.07) is 1.73. The van der Waals surface area contributed by atoms with Gasteiger partial charge in [0.25, 0.3) is 0 Å². The lowest BCUT2D eigenvalue weighted by molar-refractivity contribution is 0.412. The van der Waals surface area contributed by atoms with Crippen LogP contribution < -0.4 is 0 Å². The van der Waals surface area contributed by atoms with Crippen LogP contribution in [-0.2, 0) is 11.1 Å². The van der Waals surface area contributed by atoms with Gasteiger partial charge in [-0.15, -0.1) is 0 Å². The summed E-state index contributed by atoms with van der Waals surface area (Å²) in [5.41, 5.74) is 1.07. The van der Waals surface area contributed by atoms with Crippen LogP contribution >= 0.6 is 0 Å². The third-order valence-corrected chi connectivity index (χ3v) is 3.04. The molecule has 1 unspecified atom stereocenters. The largest absolute Gasteiger partial charge is 0.768 e. The van der Waals surface area contributed by atoms with Gasteiger partial charge in [0.2, 0.25) is 0 Å². The summed E-state index contributed by atoms with van der Waals surface area (Å²) in [4.78, 5) is 3.37. The molecule has 2 rings (SSSR count). The van der Waals surface area contributed by atoms with Gasteiger partial charge in [0, 0.05) is 16.8 Å². The van der Waals surface area contributed by atoms with Crippen LogP contribution in [0.5, 0.6) is 0 Å². The van der Waals surface area contributed by atoms with E-state index in [0.29, 0.717) is 10.8 Å². The molecular weight excluding hydrogens is 174 g/mol. The highest BCUT2D eigenvalue weighted by molar-refractivity contribution is 7.79. The summed E-state index contributed by atoms with van der Waals surface area (Å²) in [6.45, 7) is 0. The van der Waals surface area contributed by atoms with Crippen molar-refractivity contribution in [3.05, 3.63) is 18.0 Å². The molecule has 0 aliphatic heterocycles. The maximum absolute atomic E-state index is 10.5. The third-order valence-electron chi connectivity index (χ3n) is 2.42. The van der Waals surface area contributed by atoms with Crippen LogP contribution in [0.15, 0.2) is 17.2 Å². The second kappa shape index (κ2) is 3.03. The highest BCUT2D eigenvalue weighted by Crippen LogP contribution is 2.35. The SMILES string of the molecule is O=S([O-])c1c[nH]c(C2CCC2)c1. The molecule has 3 nitrogen and oxygen atoms in total. The first-order chi connectivity index (χ1) is 5.77. The number of rotatable bonds is 2. The Kier molecular flexibility index (Phi) is 2.02. The Balaban J connectivity index is 2.17. The van der Waals surface area contributed by atoms with Gasteiger partial charge in [-0.05, 0) is 35.9 Å². The highest BCUT2D eigenvalue weighted by Gasteiger charge is 2.20. The highest BCUT2D eigenvalue weighted by atomic mass is 32.2. The average molecular weight is 184 g/mol. The van der Waals surface area contributed by atoms with E-state index in [1.807, 2.05) is 0 Å². The summed E-state index contributed by atoms with van der Waals surface area (Å²) < 4.78 is 21.0. The van der Waals surface area contributed by atoms with Gasteiger partial charge < -0.3 is 9.54 Å². The van der Waals surface area contributed by atoms with Gasteiger partial charge in [-0.3, -0.25) is 4.21 Å². The Hall–Kier alpha value is -0.610. The molecule has 0 radical (unpaired) electrons. The van der Waals surface area contributed by atoms with E-state index in [0.717, 1.165) is 5.69 Å². The summed E-state index contributed by atoms with van der Waals surface area (Å²) >= 11 is -2.08. The van der Waals surface area contributed by atoms with Crippen LogP contribution in [-0.4, -0.2) is 13.7 Å². The van der Waals surface area contributed by atoms with Crippen LogP contribution in [0.25, 0.3) is 0 Å². The first-order valence-electron chi connectivity index (χ1n) is 4.05. The summed E-state index contributed by atoms with van der Waals surface area (Å²) in [5, 5.41) is 0. The summed E-state index contributed by atoms with van der Waals surface area (Å²) in [7, 11) is 0. The van der Waals surface area contributed by atoms with E-state index in [9.17, 15) is 8.76 Å². The number of H-pyrrole nitrogens is 1. The number of nitrogens with one attached hydrogen (secondary N) is 1. The molecule has 1 N–H and O–H groups in total. The Morgan fingerprint density at radius 3 is 2.75 bits per heavy atom. The number of hydrogen-bond acceptors (Lipinski definition) is 2. The minimum atomic E-state index is -2.08. The van der Waals surface area contributed by atoms with Crippen LogP contribution in [0.4, 0.5) is 0 Å². The van der Waals surface area contributed by atoms with Gasteiger partial charge in [0.1, 0.15) is 0 Å². The maximum atomic E-state index is 10.5. The van der Waals surface area contributed by atoms with Crippen LogP contribution in [0.1, 0.15) is 30.9 Å². The Labute approximate surface area is 73.5 Å². The standard InChI is InChI=1S/C8H11NO2S/c10-12(11)7-4-8(9-5-7)6-2-1-3-6/h4-6,9H,1-3H2,(H,10,11)/p-1. The zero-order valence-electron chi connectivity index (χ0n) is 6.58. The topological polar surface area (TPSA) is 55.9 Å². The molecule has 12 heavy (non-hydrogen) atoms. The fourth-order valence-electron chi connectivity index (χ4n) is 1.44. The molecule has 1 aromatic heterocycles. The molecule has 1 aromatic rings. The van der Waals surface area contributed by atoms with Crippen molar-refractivity contribution in [1.82, 2.24) is 4.98 Å². The van der Waals surface area contributed by atoms with E-state index >= 15 is 0 Å². The van der Waals surface area contributed by atoms with Gasteiger partial charge >= 0.3 is 0 Å². The van der Waals surface area contributed by atoms with Crippen molar-refractivity contribution in [3.8, 4) is 0 Å². The van der Waals surface area contributed by atoms with Crippen molar-refractivity contribution in [3.63, 3.8) is 0 Å². The van der Waals surface area contributed by atoms with Crippen molar-refractivity contribution in [2.75, 3.05) is 0 Å². The summed E-state index contributed by atoms with van der Waals surface area (Å²) in [6.07, 6.45) is 5.19. The van der Waals surface area contributed by atoms with Gasteiger partial charge in [0.05, 0.1) is 0 Å². The monoisotopic (exact) mass is 184 g/mol. The Morgan fingerprint density at radius 2 is 2.33 bits per heavy atom. The molecule has 1 aliphatic rings. The lowest BCUT2D eigenvalue weighted by atomic mass is 9.83. The minimum Gasteiger partial charge on any atom is -0.768 e. The predicted octanol–water partition coefficient (Wildman–Crippen LogP) is 1.52. The van der Waals surface area contributed by atoms with Crippen molar-refractivity contribution < 1.29 is 8.76 Å². The van der Waals surface area contributed by atoms with Crippen LogP contribution in [0.2, 0.25) is 0 Å². The molecule has 1 atom stereocenters. The van der Waals surface area contributed by atoms with Gasteiger partial charge in [0.15, 0.2) is 0 Å². The molecular formula is C8H10NO2S-. The molecule has 4 heteroatoms. The third kappa shape index (κ3) is 1.32. The number of aromatic nitrogens is 1. The molecule has 1 fully saturated rings. The predicted molar refractivity (Wildman–Crippen MR) is 44.6 cm³/mol. The first-order valence-corrected chi connectivity index (χ1v) is 5.12. The molecule has 0 bridgehead atoms. The van der Waals surface area contributed by atoms with E-state index < -0.39 is 11.1 Å². The zero-order valence-corrected chi connectivity index (χ0v) is 7.39. The molecule has 1 saturated carbocycles. The molecule has 0 amide bonds. The van der Waals surface area contributed by atoms with Crippen LogP contribution in [0, 0.1) is 0 Å². The second-order valence-corrected chi connectivity index (χ2v) is 4.09. The van der Waals surface area contributed by atoms with E-state index in [4.69, 9.17) is 0 Å². The van der Waals surface area contributed by atoms with Crippen molar-refractivity contribution >= 4 is 11.1 Å². The van der Waals surface area contributed by atoms with E-state index in [1.54, 1.807) is 12.3 Å². The molecule has 0 saturated heterocycles. The van der Waals surface area contributed by atoms with Gasteiger partial charge in [-0.1, -0.05) is 6.42 Å². The Morgan fingerprint density at radius 1 is 1.58 bits per heavy atom. The summed E-state index contributed by atoms with van der Waals surface area (Å²) in [5.74, 6) is 0.572.